The van der Waals surface area contributed by atoms with Crippen LogP contribution in [0.1, 0.15) is 10.4 Å². The molecular formula is C16H15IN2O. The zero-order valence-electron chi connectivity index (χ0n) is 11.2. The fourth-order valence-electron chi connectivity index (χ4n) is 2.47. The molecule has 1 heterocycles. The minimum Gasteiger partial charge on any atom is -0.371 e. The van der Waals surface area contributed by atoms with Gasteiger partial charge < -0.3 is 9.80 Å². The number of rotatable bonds is 1. The quantitative estimate of drug-likeness (QED) is 0.711. The number of amides is 1. The van der Waals surface area contributed by atoms with E-state index in [0.29, 0.717) is 0 Å². The summed E-state index contributed by atoms with van der Waals surface area (Å²) in [6, 6.07) is 15.8. The van der Waals surface area contributed by atoms with Gasteiger partial charge in [-0.1, -0.05) is 12.1 Å². The van der Waals surface area contributed by atoms with Crippen molar-refractivity contribution < 1.29 is 4.79 Å². The second kappa shape index (κ2) is 5.44. The van der Waals surface area contributed by atoms with Crippen LogP contribution in [0.5, 0.6) is 0 Å². The van der Waals surface area contributed by atoms with Crippen LogP contribution >= 0.6 is 22.6 Å². The lowest BCUT2D eigenvalue weighted by molar-refractivity contribution is 0.0986. The highest BCUT2D eigenvalue weighted by Gasteiger charge is 2.25. The van der Waals surface area contributed by atoms with Crippen molar-refractivity contribution in [2.24, 2.45) is 0 Å². The summed E-state index contributed by atoms with van der Waals surface area (Å²) in [7, 11) is 2.06. The van der Waals surface area contributed by atoms with Crippen molar-refractivity contribution in [2.45, 2.75) is 0 Å². The Morgan fingerprint density at radius 3 is 2.35 bits per heavy atom. The van der Waals surface area contributed by atoms with E-state index >= 15 is 0 Å². The van der Waals surface area contributed by atoms with Gasteiger partial charge in [0, 0.05) is 29.3 Å². The highest BCUT2D eigenvalue weighted by atomic mass is 127. The van der Waals surface area contributed by atoms with Crippen LogP contribution in [0.4, 0.5) is 11.4 Å². The second-order valence-corrected chi connectivity index (χ2v) is 6.12. The number of para-hydroxylation sites is 2. The first kappa shape index (κ1) is 13.4. The number of hydrogen-bond donors (Lipinski definition) is 0. The van der Waals surface area contributed by atoms with E-state index in [4.69, 9.17) is 0 Å². The van der Waals surface area contributed by atoms with Crippen LogP contribution in [0.3, 0.4) is 0 Å². The predicted octanol–water partition coefficient (Wildman–Crippen LogP) is 3.39. The van der Waals surface area contributed by atoms with Crippen LogP contribution < -0.4 is 9.80 Å². The Labute approximate surface area is 132 Å². The van der Waals surface area contributed by atoms with Crippen molar-refractivity contribution in [2.75, 3.05) is 29.9 Å². The van der Waals surface area contributed by atoms with Crippen molar-refractivity contribution in [3.8, 4) is 0 Å². The zero-order chi connectivity index (χ0) is 14.1. The molecule has 20 heavy (non-hydrogen) atoms. The Kier molecular flexibility index (Phi) is 3.65. The smallest absolute Gasteiger partial charge is 0.258 e. The van der Waals surface area contributed by atoms with Gasteiger partial charge in [-0.25, -0.2) is 0 Å². The maximum Gasteiger partial charge on any atom is 0.258 e. The fraction of sp³-hybridized carbons (Fsp3) is 0.188. The first-order valence-corrected chi connectivity index (χ1v) is 7.62. The highest BCUT2D eigenvalue weighted by molar-refractivity contribution is 14.1. The molecule has 0 N–H and O–H groups in total. The molecule has 0 fully saturated rings. The van der Waals surface area contributed by atoms with E-state index in [1.807, 2.05) is 47.4 Å². The minimum absolute atomic E-state index is 0.0713. The summed E-state index contributed by atoms with van der Waals surface area (Å²) in [5.41, 5.74) is 2.84. The van der Waals surface area contributed by atoms with E-state index in [0.717, 1.165) is 33.6 Å². The van der Waals surface area contributed by atoms with Crippen LogP contribution in [0.25, 0.3) is 0 Å². The molecule has 2 aromatic rings. The summed E-state index contributed by atoms with van der Waals surface area (Å²) in [5, 5.41) is 0. The van der Waals surface area contributed by atoms with Gasteiger partial charge in [0.2, 0.25) is 0 Å². The molecule has 3 nitrogen and oxygen atoms in total. The van der Waals surface area contributed by atoms with Gasteiger partial charge in [-0.2, -0.15) is 0 Å². The largest absolute Gasteiger partial charge is 0.371 e. The molecule has 3 rings (SSSR count). The van der Waals surface area contributed by atoms with E-state index in [2.05, 4.69) is 40.6 Å². The maximum atomic E-state index is 12.7. The van der Waals surface area contributed by atoms with E-state index in [-0.39, 0.29) is 5.91 Å². The van der Waals surface area contributed by atoms with E-state index < -0.39 is 0 Å². The molecule has 102 valence electrons. The molecule has 0 bridgehead atoms. The van der Waals surface area contributed by atoms with Crippen molar-refractivity contribution in [1.29, 1.82) is 0 Å². The molecule has 1 amide bonds. The van der Waals surface area contributed by atoms with Gasteiger partial charge in [0.25, 0.3) is 5.91 Å². The lowest BCUT2D eigenvalue weighted by Gasteiger charge is -2.35. The van der Waals surface area contributed by atoms with Crippen LogP contribution in [-0.4, -0.2) is 26.0 Å². The predicted molar refractivity (Wildman–Crippen MR) is 90.5 cm³/mol. The van der Waals surface area contributed by atoms with Gasteiger partial charge in [0.1, 0.15) is 0 Å². The van der Waals surface area contributed by atoms with E-state index in [1.54, 1.807) is 0 Å². The first-order chi connectivity index (χ1) is 9.66. The molecule has 0 aromatic heterocycles. The number of benzene rings is 2. The number of likely N-dealkylation sites (N-methyl/N-ethyl adjacent to an activating group) is 1. The summed E-state index contributed by atoms with van der Waals surface area (Å²) in [6.45, 7) is 1.57. The fourth-order valence-corrected chi connectivity index (χ4v) is 2.82. The van der Waals surface area contributed by atoms with E-state index in [9.17, 15) is 4.79 Å². The van der Waals surface area contributed by atoms with Crippen molar-refractivity contribution >= 4 is 39.9 Å². The Morgan fingerprint density at radius 2 is 1.65 bits per heavy atom. The van der Waals surface area contributed by atoms with Gasteiger partial charge in [0.05, 0.1) is 11.4 Å². The number of carbonyl (C=O) groups excluding carboxylic acids is 1. The molecule has 0 saturated carbocycles. The molecule has 1 aliphatic rings. The SMILES string of the molecule is CN1CCN(C(=O)c2ccc(I)cc2)c2ccccc21. The van der Waals surface area contributed by atoms with Crippen LogP contribution in [0.15, 0.2) is 48.5 Å². The first-order valence-electron chi connectivity index (χ1n) is 6.54. The summed E-state index contributed by atoms with van der Waals surface area (Å²) >= 11 is 2.25. The van der Waals surface area contributed by atoms with Crippen molar-refractivity contribution in [3.63, 3.8) is 0 Å². The lowest BCUT2D eigenvalue weighted by atomic mass is 10.1. The third kappa shape index (κ3) is 2.40. The number of carbonyl (C=O) groups is 1. The van der Waals surface area contributed by atoms with Gasteiger partial charge in [0.15, 0.2) is 0 Å². The van der Waals surface area contributed by atoms with Crippen molar-refractivity contribution in [3.05, 3.63) is 57.7 Å². The summed E-state index contributed by atoms with van der Waals surface area (Å²) in [4.78, 5) is 16.7. The summed E-state index contributed by atoms with van der Waals surface area (Å²) in [6.07, 6.45) is 0. The summed E-state index contributed by atoms with van der Waals surface area (Å²) in [5.74, 6) is 0.0713. The van der Waals surface area contributed by atoms with Gasteiger partial charge in [-0.15, -0.1) is 0 Å². The topological polar surface area (TPSA) is 23.6 Å². The molecule has 2 aromatic carbocycles. The monoisotopic (exact) mass is 378 g/mol. The highest BCUT2D eigenvalue weighted by Crippen LogP contribution is 2.32. The molecule has 1 aliphatic heterocycles. The molecule has 4 heteroatoms. The van der Waals surface area contributed by atoms with Crippen molar-refractivity contribution in [1.82, 2.24) is 0 Å². The van der Waals surface area contributed by atoms with Gasteiger partial charge in [-0.3, -0.25) is 4.79 Å². The van der Waals surface area contributed by atoms with Gasteiger partial charge >= 0.3 is 0 Å². The number of hydrogen-bond acceptors (Lipinski definition) is 2. The molecule has 0 saturated heterocycles. The minimum atomic E-state index is 0.0713. The number of anilines is 2. The number of nitrogens with zero attached hydrogens (tertiary/aromatic N) is 2. The van der Waals surface area contributed by atoms with Crippen LogP contribution in [0.2, 0.25) is 0 Å². The van der Waals surface area contributed by atoms with Gasteiger partial charge in [-0.05, 0) is 59.0 Å². The third-order valence-electron chi connectivity index (χ3n) is 3.58. The second-order valence-electron chi connectivity index (χ2n) is 4.87. The number of fused-ring (bicyclic) bond motifs is 1. The lowest BCUT2D eigenvalue weighted by Crippen LogP contribution is -2.42. The third-order valence-corrected chi connectivity index (χ3v) is 4.30. The van der Waals surface area contributed by atoms with Crippen LogP contribution in [0, 0.1) is 3.57 Å². The van der Waals surface area contributed by atoms with Crippen LogP contribution in [-0.2, 0) is 0 Å². The Balaban J connectivity index is 1.97. The zero-order valence-corrected chi connectivity index (χ0v) is 13.4. The molecular weight excluding hydrogens is 363 g/mol. The maximum absolute atomic E-state index is 12.7. The number of halogens is 1. The molecule has 0 spiro atoms. The molecule has 0 aliphatic carbocycles. The molecule has 0 unspecified atom stereocenters. The molecule has 0 atom stereocenters. The average molecular weight is 378 g/mol. The standard InChI is InChI=1S/C16H15IN2O/c1-18-10-11-19(15-5-3-2-4-14(15)18)16(20)12-6-8-13(17)9-7-12/h2-9H,10-11H2,1H3. The average Bonchev–Trinajstić information content (AvgIpc) is 2.48. The summed E-state index contributed by atoms with van der Waals surface area (Å²) < 4.78 is 1.14. The Bertz CT molecular complexity index is 639. The van der Waals surface area contributed by atoms with E-state index in [1.165, 1.54) is 0 Å². The normalized spacial score (nSPS) is 14.1. The molecule has 0 radical (unpaired) electrons. The Morgan fingerprint density at radius 1 is 1.00 bits per heavy atom. The Hall–Kier alpha value is -1.56.